The van der Waals surface area contributed by atoms with Gasteiger partial charge in [-0.1, -0.05) is 6.07 Å². The SMILES string of the molecule is O=C(O)c1sc(-c2ccccn2)nc1C(F)(F)F. The third-order valence-corrected chi connectivity index (χ3v) is 3.04. The van der Waals surface area contributed by atoms with Crippen molar-refractivity contribution in [3.8, 4) is 10.7 Å². The van der Waals surface area contributed by atoms with E-state index in [1.165, 1.54) is 12.3 Å². The fraction of sp³-hybridized carbons (Fsp3) is 0.100. The number of carboxylic acids is 1. The number of halogens is 3. The molecule has 0 unspecified atom stereocenters. The molecule has 0 aliphatic carbocycles. The molecule has 0 atom stereocenters. The molecule has 0 bridgehead atoms. The summed E-state index contributed by atoms with van der Waals surface area (Å²) in [4.78, 5) is 17.1. The fourth-order valence-electron chi connectivity index (χ4n) is 1.26. The summed E-state index contributed by atoms with van der Waals surface area (Å²) in [6.07, 6.45) is -3.40. The van der Waals surface area contributed by atoms with E-state index in [0.717, 1.165) is 0 Å². The summed E-state index contributed by atoms with van der Waals surface area (Å²) in [7, 11) is 0. The smallest absolute Gasteiger partial charge is 0.435 e. The molecule has 8 heteroatoms. The molecule has 0 aromatic carbocycles. The molecule has 4 nitrogen and oxygen atoms in total. The van der Waals surface area contributed by atoms with Gasteiger partial charge in [0, 0.05) is 6.20 Å². The Kier molecular flexibility index (Phi) is 3.04. The Balaban J connectivity index is 2.57. The minimum absolute atomic E-state index is 0.0691. The van der Waals surface area contributed by atoms with Crippen LogP contribution in [0.15, 0.2) is 24.4 Å². The standard InChI is InChI=1S/C10H5F3N2O2S/c11-10(12,13)7-6(9(16)17)18-8(15-7)5-3-1-2-4-14-5/h1-4H,(H,16,17). The number of thiazole rings is 1. The predicted molar refractivity (Wildman–Crippen MR) is 57.3 cm³/mol. The quantitative estimate of drug-likeness (QED) is 0.914. The van der Waals surface area contributed by atoms with Gasteiger partial charge in [0.05, 0.1) is 5.69 Å². The number of nitrogens with zero attached hydrogens (tertiary/aromatic N) is 2. The molecule has 0 spiro atoms. The number of alkyl halides is 3. The fourth-order valence-corrected chi connectivity index (χ4v) is 2.16. The van der Waals surface area contributed by atoms with Gasteiger partial charge in [0.15, 0.2) is 5.69 Å². The Hall–Kier alpha value is -1.96. The van der Waals surface area contributed by atoms with Crippen LogP contribution < -0.4 is 0 Å². The summed E-state index contributed by atoms with van der Waals surface area (Å²) in [5.74, 6) is -1.65. The van der Waals surface area contributed by atoms with Crippen LogP contribution in [0.5, 0.6) is 0 Å². The highest BCUT2D eigenvalue weighted by Crippen LogP contribution is 2.37. The first-order valence-corrected chi connectivity index (χ1v) is 5.44. The maximum Gasteiger partial charge on any atom is 0.435 e. The number of pyridine rings is 1. The second kappa shape index (κ2) is 4.37. The highest BCUT2D eigenvalue weighted by molar-refractivity contribution is 7.17. The summed E-state index contributed by atoms with van der Waals surface area (Å²) in [6.45, 7) is 0. The molecule has 0 saturated heterocycles. The highest BCUT2D eigenvalue weighted by Gasteiger charge is 2.39. The summed E-state index contributed by atoms with van der Waals surface area (Å²) < 4.78 is 37.8. The van der Waals surface area contributed by atoms with Crippen molar-refractivity contribution in [2.75, 3.05) is 0 Å². The molecule has 0 amide bonds. The number of aromatic carboxylic acids is 1. The second-order valence-electron chi connectivity index (χ2n) is 3.21. The minimum Gasteiger partial charge on any atom is -0.477 e. The molecule has 0 radical (unpaired) electrons. The first kappa shape index (κ1) is 12.5. The van der Waals surface area contributed by atoms with E-state index in [2.05, 4.69) is 9.97 Å². The zero-order chi connectivity index (χ0) is 13.3. The van der Waals surface area contributed by atoms with E-state index in [4.69, 9.17) is 5.11 Å². The molecule has 0 saturated carbocycles. The number of carboxylic acid groups (broad SMARTS) is 1. The van der Waals surface area contributed by atoms with Crippen molar-refractivity contribution in [2.45, 2.75) is 6.18 Å². The van der Waals surface area contributed by atoms with Crippen molar-refractivity contribution < 1.29 is 23.1 Å². The lowest BCUT2D eigenvalue weighted by molar-refractivity contribution is -0.141. The van der Waals surface area contributed by atoms with E-state index < -0.39 is 22.7 Å². The molecule has 0 aliphatic rings. The van der Waals surface area contributed by atoms with Gasteiger partial charge in [0.2, 0.25) is 0 Å². The van der Waals surface area contributed by atoms with E-state index in [1.807, 2.05) is 0 Å². The van der Waals surface area contributed by atoms with Crippen LogP contribution in [0.25, 0.3) is 10.7 Å². The van der Waals surface area contributed by atoms with Crippen molar-refractivity contribution in [1.82, 2.24) is 9.97 Å². The zero-order valence-corrected chi connectivity index (χ0v) is 9.42. The Morgan fingerprint density at radius 1 is 1.33 bits per heavy atom. The Bertz CT molecular complexity index is 581. The monoisotopic (exact) mass is 274 g/mol. The number of rotatable bonds is 2. The molecule has 1 N–H and O–H groups in total. The summed E-state index contributed by atoms with van der Waals surface area (Å²) in [5, 5.41) is 8.67. The van der Waals surface area contributed by atoms with Gasteiger partial charge in [-0.2, -0.15) is 13.2 Å². The van der Waals surface area contributed by atoms with E-state index in [-0.39, 0.29) is 10.7 Å². The average molecular weight is 274 g/mol. The van der Waals surface area contributed by atoms with Gasteiger partial charge < -0.3 is 5.11 Å². The van der Waals surface area contributed by atoms with Gasteiger partial charge in [-0.05, 0) is 12.1 Å². The lowest BCUT2D eigenvalue weighted by Crippen LogP contribution is -2.11. The van der Waals surface area contributed by atoms with E-state index in [9.17, 15) is 18.0 Å². The van der Waals surface area contributed by atoms with Crippen molar-refractivity contribution in [3.63, 3.8) is 0 Å². The molecular formula is C10H5F3N2O2S. The molecular weight excluding hydrogens is 269 g/mol. The third-order valence-electron chi connectivity index (χ3n) is 1.97. The average Bonchev–Trinajstić information content (AvgIpc) is 2.74. The van der Waals surface area contributed by atoms with Crippen LogP contribution in [0, 0.1) is 0 Å². The van der Waals surface area contributed by atoms with Crippen LogP contribution in [-0.2, 0) is 6.18 Å². The summed E-state index contributed by atoms with van der Waals surface area (Å²) in [6, 6.07) is 4.64. The topological polar surface area (TPSA) is 63.1 Å². The second-order valence-corrected chi connectivity index (χ2v) is 4.21. The Labute approximate surface area is 103 Å². The summed E-state index contributed by atoms with van der Waals surface area (Å²) in [5.41, 5.74) is -1.18. The van der Waals surface area contributed by atoms with E-state index >= 15 is 0 Å². The van der Waals surface area contributed by atoms with Gasteiger partial charge in [-0.25, -0.2) is 9.78 Å². The molecule has 2 heterocycles. The van der Waals surface area contributed by atoms with Gasteiger partial charge in [0.25, 0.3) is 0 Å². The number of hydrogen-bond acceptors (Lipinski definition) is 4. The molecule has 94 valence electrons. The van der Waals surface area contributed by atoms with Crippen LogP contribution in [-0.4, -0.2) is 21.0 Å². The van der Waals surface area contributed by atoms with Crippen LogP contribution in [0.3, 0.4) is 0 Å². The molecule has 2 aromatic rings. The van der Waals surface area contributed by atoms with Gasteiger partial charge in [-0.15, -0.1) is 11.3 Å². The third kappa shape index (κ3) is 2.33. The van der Waals surface area contributed by atoms with Crippen molar-refractivity contribution in [1.29, 1.82) is 0 Å². The molecule has 0 fully saturated rings. The van der Waals surface area contributed by atoms with Gasteiger partial charge in [-0.3, -0.25) is 4.98 Å². The molecule has 18 heavy (non-hydrogen) atoms. The molecule has 2 aromatic heterocycles. The van der Waals surface area contributed by atoms with Crippen LogP contribution >= 0.6 is 11.3 Å². The summed E-state index contributed by atoms with van der Waals surface area (Å²) >= 11 is 0.454. The first-order chi connectivity index (χ1) is 8.39. The first-order valence-electron chi connectivity index (χ1n) is 4.62. The molecule has 2 rings (SSSR count). The van der Waals surface area contributed by atoms with Gasteiger partial charge >= 0.3 is 12.1 Å². The largest absolute Gasteiger partial charge is 0.477 e. The normalized spacial score (nSPS) is 11.5. The Morgan fingerprint density at radius 2 is 2.06 bits per heavy atom. The number of aromatic nitrogens is 2. The van der Waals surface area contributed by atoms with E-state index in [1.54, 1.807) is 12.1 Å². The lowest BCUT2D eigenvalue weighted by Gasteiger charge is -2.02. The predicted octanol–water partition coefficient (Wildman–Crippen LogP) is 2.92. The maximum atomic E-state index is 12.6. The minimum atomic E-state index is -4.79. The number of carbonyl (C=O) groups is 1. The zero-order valence-electron chi connectivity index (χ0n) is 8.60. The van der Waals surface area contributed by atoms with Crippen LogP contribution in [0.1, 0.15) is 15.4 Å². The Morgan fingerprint density at radius 3 is 2.50 bits per heavy atom. The van der Waals surface area contributed by atoms with E-state index in [0.29, 0.717) is 11.3 Å². The van der Waals surface area contributed by atoms with Crippen LogP contribution in [0.4, 0.5) is 13.2 Å². The van der Waals surface area contributed by atoms with Crippen molar-refractivity contribution in [3.05, 3.63) is 35.0 Å². The number of hydrogen-bond donors (Lipinski definition) is 1. The molecule has 0 aliphatic heterocycles. The van der Waals surface area contributed by atoms with Crippen molar-refractivity contribution in [2.24, 2.45) is 0 Å². The maximum absolute atomic E-state index is 12.6. The lowest BCUT2D eigenvalue weighted by atomic mass is 10.3. The van der Waals surface area contributed by atoms with Gasteiger partial charge in [0.1, 0.15) is 9.88 Å². The highest BCUT2D eigenvalue weighted by atomic mass is 32.1. The van der Waals surface area contributed by atoms with Crippen molar-refractivity contribution >= 4 is 17.3 Å². The van der Waals surface area contributed by atoms with Crippen LogP contribution in [0.2, 0.25) is 0 Å².